The highest BCUT2D eigenvalue weighted by atomic mass is 35.5. The molecule has 0 amide bonds. The molecule has 0 bridgehead atoms. The van der Waals surface area contributed by atoms with Gasteiger partial charge in [-0.25, -0.2) is 24.6 Å². The summed E-state index contributed by atoms with van der Waals surface area (Å²) < 4.78 is 0. The van der Waals surface area contributed by atoms with Crippen molar-refractivity contribution in [3.8, 4) is 5.75 Å². The highest BCUT2D eigenvalue weighted by molar-refractivity contribution is 6.44. The van der Waals surface area contributed by atoms with Gasteiger partial charge in [-0.3, -0.25) is 0 Å². The molecule has 0 aromatic heterocycles. The zero-order chi connectivity index (χ0) is 24.5. The second kappa shape index (κ2) is 12.7. The third kappa shape index (κ3) is 7.52. The van der Waals surface area contributed by atoms with Crippen LogP contribution in [0.25, 0.3) is 0 Å². The molecule has 10 heteroatoms. The van der Waals surface area contributed by atoms with Crippen molar-refractivity contribution < 1.29 is 29.5 Å². The number of halogens is 4. The van der Waals surface area contributed by atoms with E-state index in [1.807, 2.05) is 12.1 Å². The number of carbonyl (C=O) groups is 2. The molecule has 0 atom stereocenters. The van der Waals surface area contributed by atoms with E-state index in [0.717, 1.165) is 0 Å². The van der Waals surface area contributed by atoms with E-state index < -0.39 is 11.9 Å². The van der Waals surface area contributed by atoms with Gasteiger partial charge in [-0.1, -0.05) is 84.5 Å². The van der Waals surface area contributed by atoms with E-state index in [1.165, 1.54) is 42.0 Å². The minimum atomic E-state index is -0.973. The quantitative estimate of drug-likeness (QED) is 0.272. The van der Waals surface area contributed by atoms with Gasteiger partial charge in [0.1, 0.15) is 0 Å². The Hall–Kier alpha value is -2.48. The van der Waals surface area contributed by atoms with Crippen molar-refractivity contribution in [3.63, 3.8) is 0 Å². The van der Waals surface area contributed by atoms with Gasteiger partial charge in [0.25, 0.3) is 0 Å². The van der Waals surface area contributed by atoms with Crippen molar-refractivity contribution in [3.05, 3.63) is 97.4 Å². The molecule has 6 nitrogen and oxygen atoms in total. The van der Waals surface area contributed by atoms with Crippen LogP contribution < -0.4 is 4.89 Å². The van der Waals surface area contributed by atoms with Crippen LogP contribution in [0, 0.1) is 0 Å². The van der Waals surface area contributed by atoms with Crippen molar-refractivity contribution in [2.45, 2.75) is 19.8 Å². The van der Waals surface area contributed by atoms with Gasteiger partial charge in [0, 0.05) is 0 Å². The molecule has 0 aliphatic heterocycles. The summed E-state index contributed by atoms with van der Waals surface area (Å²) in [5.74, 6) is -0.949. The van der Waals surface area contributed by atoms with Crippen molar-refractivity contribution in [1.82, 2.24) is 0 Å². The zero-order valence-electron chi connectivity index (χ0n) is 17.4. The van der Waals surface area contributed by atoms with E-state index in [4.69, 9.17) is 51.7 Å². The molecule has 0 aliphatic rings. The summed E-state index contributed by atoms with van der Waals surface area (Å²) >= 11 is 23.3. The van der Waals surface area contributed by atoms with Crippen LogP contribution in [0.2, 0.25) is 20.1 Å². The molecule has 3 aromatic carbocycles. The van der Waals surface area contributed by atoms with Gasteiger partial charge in [0.05, 0.1) is 31.2 Å². The molecule has 3 rings (SSSR count). The lowest BCUT2D eigenvalue weighted by molar-refractivity contribution is -0.187. The lowest BCUT2D eigenvalue weighted by Crippen LogP contribution is -2.12. The van der Waals surface area contributed by atoms with Crippen LogP contribution in [-0.2, 0) is 9.78 Å². The maximum Gasteiger partial charge on any atom is 0.387 e. The van der Waals surface area contributed by atoms with Gasteiger partial charge in [-0.2, -0.15) is 0 Å². The van der Waals surface area contributed by atoms with Crippen LogP contribution in [0.1, 0.15) is 46.0 Å². The second-order valence-electron chi connectivity index (χ2n) is 6.76. The Bertz CT molecular complexity index is 1050. The van der Waals surface area contributed by atoms with Gasteiger partial charge in [0.15, 0.2) is 5.75 Å². The van der Waals surface area contributed by atoms with Crippen LogP contribution in [0.4, 0.5) is 0 Å². The molecule has 1 N–H and O–H groups in total. The Balaban J connectivity index is 0.000000294. The highest BCUT2D eigenvalue weighted by Crippen LogP contribution is 2.28. The first-order chi connectivity index (χ1) is 15.6. The average Bonchev–Trinajstić information content (AvgIpc) is 2.81. The van der Waals surface area contributed by atoms with Crippen LogP contribution in [0.5, 0.6) is 5.75 Å². The predicted octanol–water partition coefficient (Wildman–Crippen LogP) is 7.89. The first-order valence-electron chi connectivity index (χ1n) is 9.38. The number of rotatable bonds is 4. The molecule has 174 valence electrons. The molecule has 0 heterocycles. The summed E-state index contributed by atoms with van der Waals surface area (Å²) in [6, 6.07) is 16.1. The monoisotopic (exact) mass is 530 g/mol. The Morgan fingerprint density at radius 1 is 0.727 bits per heavy atom. The van der Waals surface area contributed by atoms with Crippen LogP contribution in [-0.4, -0.2) is 17.2 Å². The molecule has 0 fully saturated rings. The molecule has 0 aliphatic carbocycles. The minimum Gasteiger partial charge on any atom is -0.340 e. The summed E-state index contributed by atoms with van der Waals surface area (Å²) in [7, 11) is 0. The van der Waals surface area contributed by atoms with Gasteiger partial charge >= 0.3 is 11.9 Å². The average molecular weight is 532 g/mol. The summed E-state index contributed by atoms with van der Waals surface area (Å²) in [4.78, 5) is 36.5. The molecule has 3 aromatic rings. The largest absolute Gasteiger partial charge is 0.387 e. The molecule has 0 spiro atoms. The number of benzene rings is 3. The van der Waals surface area contributed by atoms with E-state index in [-0.39, 0.29) is 31.2 Å². The summed E-state index contributed by atoms with van der Waals surface area (Å²) in [6.45, 7) is 4.24. The van der Waals surface area contributed by atoms with Crippen LogP contribution in [0.15, 0.2) is 60.7 Å². The number of carbonyl (C=O) groups excluding carboxylic acids is 2. The molecule has 0 unspecified atom stereocenters. The lowest BCUT2D eigenvalue weighted by atomic mass is 10.0. The normalized spacial score (nSPS) is 10.2. The Morgan fingerprint density at radius 2 is 1.15 bits per heavy atom. The molecule has 0 saturated carbocycles. The molecule has 33 heavy (non-hydrogen) atoms. The Morgan fingerprint density at radius 3 is 1.52 bits per heavy atom. The van der Waals surface area contributed by atoms with Crippen molar-refractivity contribution in [2.75, 3.05) is 0 Å². The first kappa shape index (κ1) is 26.8. The number of hydrogen-bond acceptors (Lipinski definition) is 6. The molecular formula is C23H18Cl4O6. The zero-order valence-corrected chi connectivity index (χ0v) is 20.4. The maximum atomic E-state index is 11.8. The summed E-state index contributed by atoms with van der Waals surface area (Å²) in [6.07, 6.45) is 0. The van der Waals surface area contributed by atoms with Crippen LogP contribution >= 0.6 is 46.4 Å². The topological polar surface area (TPSA) is 82.1 Å². The SMILES string of the molecule is CC(C)c1ccc(OO)cc1.O=C(OOC(=O)c1cccc(Cl)c1Cl)c1cccc(Cl)c1Cl. The van der Waals surface area contributed by atoms with E-state index in [9.17, 15) is 9.59 Å². The van der Waals surface area contributed by atoms with E-state index in [1.54, 1.807) is 12.1 Å². The lowest BCUT2D eigenvalue weighted by Gasteiger charge is -2.06. The highest BCUT2D eigenvalue weighted by Gasteiger charge is 2.20. The third-order valence-corrected chi connectivity index (χ3v) is 5.83. The van der Waals surface area contributed by atoms with E-state index in [0.29, 0.717) is 11.7 Å². The minimum absolute atomic E-state index is 0.00833. The smallest absolute Gasteiger partial charge is 0.340 e. The summed E-state index contributed by atoms with van der Waals surface area (Å²) in [5.41, 5.74) is 1.16. The van der Waals surface area contributed by atoms with E-state index in [2.05, 4.69) is 28.5 Å². The van der Waals surface area contributed by atoms with Gasteiger partial charge in [-0.15, -0.1) is 0 Å². The summed E-state index contributed by atoms with van der Waals surface area (Å²) in [5, 5.41) is 8.58. The standard InChI is InChI=1S/C14H6Cl4O4.C9H12O2/c15-9-5-1-3-7(11(9)17)13(19)21-22-14(20)8-4-2-6-10(16)12(8)18;1-7(2)8-3-5-9(11-10)6-4-8/h1-6H;3-7,10H,1-2H3. The molecule has 0 radical (unpaired) electrons. The Kier molecular flexibility index (Phi) is 10.3. The van der Waals surface area contributed by atoms with Crippen LogP contribution in [0.3, 0.4) is 0 Å². The third-order valence-electron chi connectivity index (χ3n) is 4.19. The first-order valence-corrected chi connectivity index (χ1v) is 10.9. The second-order valence-corrected chi connectivity index (χ2v) is 8.33. The fourth-order valence-electron chi connectivity index (χ4n) is 2.40. The predicted molar refractivity (Wildman–Crippen MR) is 128 cm³/mol. The Labute approximate surface area is 210 Å². The van der Waals surface area contributed by atoms with Gasteiger partial charge < -0.3 is 4.89 Å². The fraction of sp³-hybridized carbons (Fsp3) is 0.130. The van der Waals surface area contributed by atoms with Gasteiger partial charge in [-0.05, 0) is 47.9 Å². The van der Waals surface area contributed by atoms with Gasteiger partial charge in [0.2, 0.25) is 0 Å². The maximum absolute atomic E-state index is 11.8. The molecular weight excluding hydrogens is 514 g/mol. The van der Waals surface area contributed by atoms with Crippen molar-refractivity contribution in [2.24, 2.45) is 0 Å². The van der Waals surface area contributed by atoms with E-state index >= 15 is 0 Å². The number of hydrogen-bond donors (Lipinski definition) is 1. The molecule has 0 saturated heterocycles. The van der Waals surface area contributed by atoms with Crippen molar-refractivity contribution in [1.29, 1.82) is 0 Å². The van der Waals surface area contributed by atoms with Crippen molar-refractivity contribution >= 4 is 58.3 Å². The fourth-order valence-corrected chi connectivity index (χ4v) is 3.16.